The van der Waals surface area contributed by atoms with Crippen molar-refractivity contribution in [3.05, 3.63) is 29.8 Å². The van der Waals surface area contributed by atoms with Crippen molar-refractivity contribution < 1.29 is 4.74 Å². The molecule has 90 valence electrons. The minimum atomic E-state index is 0.0555. The summed E-state index contributed by atoms with van der Waals surface area (Å²) in [6, 6.07) is 8.13. The molecule has 0 bridgehead atoms. The summed E-state index contributed by atoms with van der Waals surface area (Å²) in [5, 5.41) is 0. The zero-order valence-corrected chi connectivity index (χ0v) is 10.7. The van der Waals surface area contributed by atoms with Crippen LogP contribution in [0.1, 0.15) is 45.7 Å². The summed E-state index contributed by atoms with van der Waals surface area (Å²) in [6.07, 6.45) is 1.27. The summed E-state index contributed by atoms with van der Waals surface area (Å²) in [7, 11) is 0. The quantitative estimate of drug-likeness (QED) is 0.825. The second-order valence-corrected chi connectivity index (χ2v) is 4.62. The van der Waals surface area contributed by atoms with Crippen LogP contribution in [0.5, 0.6) is 5.75 Å². The van der Waals surface area contributed by atoms with Crippen molar-refractivity contribution in [3.63, 3.8) is 0 Å². The van der Waals surface area contributed by atoms with E-state index in [1.54, 1.807) is 0 Å². The molecule has 0 saturated heterocycles. The second-order valence-electron chi connectivity index (χ2n) is 4.62. The Hall–Kier alpha value is -1.02. The Bertz CT molecular complexity index is 322. The smallest absolute Gasteiger partial charge is 0.124 e. The van der Waals surface area contributed by atoms with Crippen LogP contribution in [0.25, 0.3) is 0 Å². The Morgan fingerprint density at radius 1 is 1.19 bits per heavy atom. The van der Waals surface area contributed by atoms with Crippen LogP contribution in [-0.2, 0) is 0 Å². The lowest BCUT2D eigenvalue weighted by atomic mass is 9.93. The number of nitrogens with two attached hydrogens (primary N) is 1. The SMILES string of the molecule is CCC(C)[C@H](N)c1ccccc1OC(C)C. The first-order valence-electron chi connectivity index (χ1n) is 6.07. The Morgan fingerprint density at radius 2 is 1.81 bits per heavy atom. The summed E-state index contributed by atoms with van der Waals surface area (Å²) in [6.45, 7) is 8.41. The van der Waals surface area contributed by atoms with Crippen LogP contribution < -0.4 is 10.5 Å². The molecule has 2 atom stereocenters. The van der Waals surface area contributed by atoms with Gasteiger partial charge in [-0.2, -0.15) is 0 Å². The average molecular weight is 221 g/mol. The molecule has 0 amide bonds. The highest BCUT2D eigenvalue weighted by Crippen LogP contribution is 2.30. The third-order valence-corrected chi connectivity index (χ3v) is 2.90. The van der Waals surface area contributed by atoms with Gasteiger partial charge in [0.15, 0.2) is 0 Å². The van der Waals surface area contributed by atoms with Crippen molar-refractivity contribution in [1.82, 2.24) is 0 Å². The topological polar surface area (TPSA) is 35.2 Å². The van der Waals surface area contributed by atoms with E-state index in [9.17, 15) is 0 Å². The van der Waals surface area contributed by atoms with E-state index in [4.69, 9.17) is 10.5 Å². The molecule has 1 unspecified atom stereocenters. The van der Waals surface area contributed by atoms with Crippen LogP contribution in [0.3, 0.4) is 0 Å². The van der Waals surface area contributed by atoms with Crippen LogP contribution in [0.15, 0.2) is 24.3 Å². The molecule has 2 N–H and O–H groups in total. The van der Waals surface area contributed by atoms with Gasteiger partial charge in [0.25, 0.3) is 0 Å². The van der Waals surface area contributed by atoms with Crippen LogP contribution >= 0.6 is 0 Å². The van der Waals surface area contributed by atoms with E-state index in [-0.39, 0.29) is 12.1 Å². The van der Waals surface area contributed by atoms with Gasteiger partial charge >= 0.3 is 0 Å². The van der Waals surface area contributed by atoms with Gasteiger partial charge in [0, 0.05) is 11.6 Å². The highest BCUT2D eigenvalue weighted by Gasteiger charge is 2.17. The van der Waals surface area contributed by atoms with Crippen molar-refractivity contribution in [3.8, 4) is 5.75 Å². The molecule has 1 aromatic rings. The van der Waals surface area contributed by atoms with Gasteiger partial charge in [-0.15, -0.1) is 0 Å². The molecule has 0 spiro atoms. The van der Waals surface area contributed by atoms with Gasteiger partial charge < -0.3 is 10.5 Å². The maximum absolute atomic E-state index is 6.25. The van der Waals surface area contributed by atoms with E-state index in [1.807, 2.05) is 32.0 Å². The van der Waals surface area contributed by atoms with Crippen molar-refractivity contribution in [1.29, 1.82) is 0 Å². The Balaban J connectivity index is 2.93. The molecular weight excluding hydrogens is 198 g/mol. The zero-order chi connectivity index (χ0) is 12.1. The number of ether oxygens (including phenoxy) is 1. The lowest BCUT2D eigenvalue weighted by Crippen LogP contribution is -2.20. The number of rotatable bonds is 5. The Labute approximate surface area is 98.8 Å². The first-order valence-corrected chi connectivity index (χ1v) is 6.07. The number of hydrogen-bond donors (Lipinski definition) is 1. The molecule has 0 fully saturated rings. The summed E-state index contributed by atoms with van der Waals surface area (Å²) in [4.78, 5) is 0. The van der Waals surface area contributed by atoms with E-state index in [0.29, 0.717) is 5.92 Å². The minimum Gasteiger partial charge on any atom is -0.491 e. The molecule has 0 aliphatic carbocycles. The van der Waals surface area contributed by atoms with Crippen LogP contribution in [0.2, 0.25) is 0 Å². The predicted octanol–water partition coefficient (Wildman–Crippen LogP) is 3.52. The standard InChI is InChI=1S/C14H23NO/c1-5-11(4)14(15)12-8-6-7-9-13(12)16-10(2)3/h6-11,14H,5,15H2,1-4H3/t11?,14-/m0/s1. The van der Waals surface area contributed by atoms with E-state index >= 15 is 0 Å². The molecule has 0 heterocycles. The van der Waals surface area contributed by atoms with E-state index in [1.165, 1.54) is 0 Å². The van der Waals surface area contributed by atoms with Crippen molar-refractivity contribution in [2.45, 2.75) is 46.3 Å². The average Bonchev–Trinajstić information content (AvgIpc) is 2.27. The normalized spacial score (nSPS) is 14.9. The van der Waals surface area contributed by atoms with Crippen LogP contribution in [-0.4, -0.2) is 6.10 Å². The maximum Gasteiger partial charge on any atom is 0.124 e. The molecule has 16 heavy (non-hydrogen) atoms. The fraction of sp³-hybridized carbons (Fsp3) is 0.571. The van der Waals surface area contributed by atoms with Gasteiger partial charge in [-0.1, -0.05) is 38.5 Å². The van der Waals surface area contributed by atoms with Crippen LogP contribution in [0.4, 0.5) is 0 Å². The van der Waals surface area contributed by atoms with Crippen molar-refractivity contribution in [2.24, 2.45) is 11.7 Å². The van der Waals surface area contributed by atoms with E-state index < -0.39 is 0 Å². The zero-order valence-electron chi connectivity index (χ0n) is 10.7. The summed E-state index contributed by atoms with van der Waals surface area (Å²) in [5.41, 5.74) is 7.36. The summed E-state index contributed by atoms with van der Waals surface area (Å²) >= 11 is 0. The third kappa shape index (κ3) is 3.24. The van der Waals surface area contributed by atoms with Crippen molar-refractivity contribution >= 4 is 0 Å². The summed E-state index contributed by atoms with van der Waals surface area (Å²) < 4.78 is 5.78. The fourth-order valence-electron chi connectivity index (χ4n) is 1.68. The molecule has 0 aromatic heterocycles. The molecule has 1 aromatic carbocycles. The third-order valence-electron chi connectivity index (χ3n) is 2.90. The molecule has 2 heteroatoms. The van der Waals surface area contributed by atoms with Gasteiger partial charge in [-0.05, 0) is 25.8 Å². The Kier molecular flexibility index (Phi) is 4.81. The highest BCUT2D eigenvalue weighted by atomic mass is 16.5. The van der Waals surface area contributed by atoms with E-state index in [2.05, 4.69) is 19.9 Å². The molecule has 0 aliphatic heterocycles. The van der Waals surface area contributed by atoms with Gasteiger partial charge in [0.05, 0.1) is 6.10 Å². The van der Waals surface area contributed by atoms with Crippen molar-refractivity contribution in [2.75, 3.05) is 0 Å². The maximum atomic E-state index is 6.25. The van der Waals surface area contributed by atoms with Crippen LogP contribution in [0, 0.1) is 5.92 Å². The molecule has 2 nitrogen and oxygen atoms in total. The number of para-hydroxylation sites is 1. The van der Waals surface area contributed by atoms with Gasteiger partial charge in [0.2, 0.25) is 0 Å². The van der Waals surface area contributed by atoms with Gasteiger partial charge in [-0.3, -0.25) is 0 Å². The minimum absolute atomic E-state index is 0.0555. The molecule has 0 radical (unpaired) electrons. The monoisotopic (exact) mass is 221 g/mol. The second kappa shape index (κ2) is 5.90. The summed E-state index contributed by atoms with van der Waals surface area (Å²) in [5.74, 6) is 1.39. The first-order chi connectivity index (χ1) is 7.56. The number of benzene rings is 1. The molecule has 1 rings (SSSR count). The molecule has 0 saturated carbocycles. The number of hydrogen-bond acceptors (Lipinski definition) is 2. The van der Waals surface area contributed by atoms with Gasteiger partial charge in [0.1, 0.15) is 5.75 Å². The largest absolute Gasteiger partial charge is 0.491 e. The lowest BCUT2D eigenvalue weighted by Gasteiger charge is -2.22. The highest BCUT2D eigenvalue weighted by molar-refractivity contribution is 5.36. The van der Waals surface area contributed by atoms with Gasteiger partial charge in [-0.25, -0.2) is 0 Å². The molecule has 0 aliphatic rings. The first kappa shape index (κ1) is 13.0. The lowest BCUT2D eigenvalue weighted by molar-refractivity contribution is 0.236. The predicted molar refractivity (Wildman–Crippen MR) is 68.6 cm³/mol. The molecular formula is C14H23NO. The Morgan fingerprint density at radius 3 is 2.38 bits per heavy atom. The fourth-order valence-corrected chi connectivity index (χ4v) is 1.68. The van der Waals surface area contributed by atoms with E-state index in [0.717, 1.165) is 17.7 Å².